The van der Waals surface area contributed by atoms with Crippen LogP contribution in [0.15, 0.2) is 18.3 Å². The normalized spacial score (nSPS) is 27.2. The fourth-order valence-corrected chi connectivity index (χ4v) is 3.12. The van der Waals surface area contributed by atoms with E-state index >= 15 is 0 Å². The third kappa shape index (κ3) is 2.76. The van der Waals surface area contributed by atoms with Gasteiger partial charge in [-0.2, -0.15) is 0 Å². The summed E-state index contributed by atoms with van der Waals surface area (Å²) >= 11 is 0. The van der Waals surface area contributed by atoms with E-state index in [1.54, 1.807) is 0 Å². The highest BCUT2D eigenvalue weighted by Gasteiger charge is 2.51. The molecule has 0 N–H and O–H groups in total. The lowest BCUT2D eigenvalue weighted by Gasteiger charge is -2.34. The first-order chi connectivity index (χ1) is 10.3. The molecule has 0 radical (unpaired) electrons. The van der Waals surface area contributed by atoms with Gasteiger partial charge in [0.05, 0.1) is 11.2 Å². The Kier molecular flexibility index (Phi) is 3.98. The number of pyridine rings is 1. The number of piperidine rings is 1. The molecule has 2 fully saturated rings. The lowest BCUT2D eigenvalue weighted by Crippen LogP contribution is -2.41. The summed E-state index contributed by atoms with van der Waals surface area (Å²) in [5.74, 6) is 1.06. The summed E-state index contributed by atoms with van der Waals surface area (Å²) in [6.07, 6.45) is 5.73. The SMILES string of the molecule is CC1CCCCN1c1ccc(B2OC(C)(C)C(C)(C)O2)cn1. The highest BCUT2D eigenvalue weighted by molar-refractivity contribution is 6.62. The van der Waals surface area contributed by atoms with Gasteiger partial charge in [-0.3, -0.25) is 0 Å². The van der Waals surface area contributed by atoms with E-state index in [2.05, 4.69) is 56.6 Å². The van der Waals surface area contributed by atoms with Crippen molar-refractivity contribution in [2.45, 2.75) is 71.1 Å². The highest BCUT2D eigenvalue weighted by Crippen LogP contribution is 2.36. The molecule has 0 bridgehead atoms. The maximum atomic E-state index is 6.08. The Bertz CT molecular complexity index is 514. The summed E-state index contributed by atoms with van der Waals surface area (Å²) in [6.45, 7) is 11.7. The molecule has 4 nitrogen and oxygen atoms in total. The van der Waals surface area contributed by atoms with Crippen LogP contribution in [0.3, 0.4) is 0 Å². The zero-order chi connectivity index (χ0) is 16.0. The molecule has 2 aliphatic rings. The average molecular weight is 302 g/mol. The highest BCUT2D eigenvalue weighted by atomic mass is 16.7. The molecule has 0 spiro atoms. The molecule has 0 amide bonds. The first-order valence-electron chi connectivity index (χ1n) is 8.38. The molecule has 120 valence electrons. The number of aromatic nitrogens is 1. The molecule has 3 rings (SSSR count). The molecule has 5 heteroatoms. The van der Waals surface area contributed by atoms with Crippen molar-refractivity contribution in [3.8, 4) is 0 Å². The molecular weight excluding hydrogens is 275 g/mol. The van der Waals surface area contributed by atoms with Crippen LogP contribution in [0.2, 0.25) is 0 Å². The van der Waals surface area contributed by atoms with Crippen LogP contribution in [0.4, 0.5) is 5.82 Å². The molecule has 1 aromatic heterocycles. The summed E-state index contributed by atoms with van der Waals surface area (Å²) < 4.78 is 12.2. The molecular formula is C17H27BN2O2. The van der Waals surface area contributed by atoms with Crippen molar-refractivity contribution in [2.24, 2.45) is 0 Å². The fourth-order valence-electron chi connectivity index (χ4n) is 3.12. The second-order valence-electron chi connectivity index (χ2n) is 7.58. The van der Waals surface area contributed by atoms with Gasteiger partial charge in [0.1, 0.15) is 5.82 Å². The van der Waals surface area contributed by atoms with Gasteiger partial charge in [-0.15, -0.1) is 0 Å². The van der Waals surface area contributed by atoms with Crippen molar-refractivity contribution in [3.63, 3.8) is 0 Å². The first-order valence-corrected chi connectivity index (χ1v) is 8.38. The number of nitrogens with zero attached hydrogens (tertiary/aromatic N) is 2. The molecule has 2 aliphatic heterocycles. The number of hydrogen-bond donors (Lipinski definition) is 0. The summed E-state index contributed by atoms with van der Waals surface area (Å²) in [6, 6.07) is 4.76. The van der Waals surface area contributed by atoms with Gasteiger partial charge in [0.2, 0.25) is 0 Å². The first kappa shape index (κ1) is 15.8. The van der Waals surface area contributed by atoms with E-state index in [-0.39, 0.29) is 18.3 Å². The van der Waals surface area contributed by atoms with E-state index in [1.807, 2.05) is 6.20 Å². The van der Waals surface area contributed by atoms with E-state index in [9.17, 15) is 0 Å². The van der Waals surface area contributed by atoms with Crippen molar-refractivity contribution in [2.75, 3.05) is 11.4 Å². The Morgan fingerprint density at radius 2 is 1.82 bits per heavy atom. The van der Waals surface area contributed by atoms with Crippen molar-refractivity contribution in [1.82, 2.24) is 4.98 Å². The summed E-state index contributed by atoms with van der Waals surface area (Å²) in [5.41, 5.74) is 0.377. The van der Waals surface area contributed by atoms with Gasteiger partial charge in [-0.05, 0) is 59.9 Å². The Labute approximate surface area is 134 Å². The molecule has 3 heterocycles. The van der Waals surface area contributed by atoms with Gasteiger partial charge in [-0.1, -0.05) is 6.07 Å². The van der Waals surface area contributed by atoms with Crippen LogP contribution < -0.4 is 10.4 Å². The van der Waals surface area contributed by atoms with Gasteiger partial charge in [0.25, 0.3) is 0 Å². The van der Waals surface area contributed by atoms with Gasteiger partial charge in [0.15, 0.2) is 0 Å². The minimum absolute atomic E-state index is 0.308. The second kappa shape index (κ2) is 5.53. The molecule has 22 heavy (non-hydrogen) atoms. The maximum absolute atomic E-state index is 6.08. The molecule has 0 aromatic carbocycles. The van der Waals surface area contributed by atoms with E-state index in [4.69, 9.17) is 9.31 Å². The van der Waals surface area contributed by atoms with Crippen LogP contribution in [0, 0.1) is 0 Å². The van der Waals surface area contributed by atoms with Gasteiger partial charge >= 0.3 is 7.12 Å². The molecule has 0 saturated carbocycles. The molecule has 1 unspecified atom stereocenters. The largest absolute Gasteiger partial charge is 0.496 e. The zero-order valence-electron chi connectivity index (χ0n) is 14.4. The lowest BCUT2D eigenvalue weighted by molar-refractivity contribution is 0.00578. The van der Waals surface area contributed by atoms with Crippen molar-refractivity contribution >= 4 is 18.4 Å². The zero-order valence-corrected chi connectivity index (χ0v) is 14.4. The smallest absolute Gasteiger partial charge is 0.399 e. The monoisotopic (exact) mass is 302 g/mol. The Morgan fingerprint density at radius 1 is 1.14 bits per heavy atom. The van der Waals surface area contributed by atoms with E-state index in [0.717, 1.165) is 17.8 Å². The Morgan fingerprint density at radius 3 is 2.36 bits per heavy atom. The second-order valence-corrected chi connectivity index (χ2v) is 7.58. The summed E-state index contributed by atoms with van der Waals surface area (Å²) in [7, 11) is -0.328. The third-order valence-corrected chi connectivity index (χ3v) is 5.39. The van der Waals surface area contributed by atoms with E-state index in [1.165, 1.54) is 19.3 Å². The molecule has 0 aliphatic carbocycles. The summed E-state index contributed by atoms with van der Waals surface area (Å²) in [4.78, 5) is 7.06. The summed E-state index contributed by atoms with van der Waals surface area (Å²) in [5, 5.41) is 0. The predicted octanol–water partition coefficient (Wildman–Crippen LogP) is 2.76. The van der Waals surface area contributed by atoms with Gasteiger partial charge in [0, 0.05) is 24.2 Å². The van der Waals surface area contributed by atoms with Crippen molar-refractivity contribution < 1.29 is 9.31 Å². The van der Waals surface area contributed by atoms with Crippen LogP contribution in [0.5, 0.6) is 0 Å². The lowest BCUT2D eigenvalue weighted by atomic mass is 9.80. The average Bonchev–Trinajstić information content (AvgIpc) is 2.68. The van der Waals surface area contributed by atoms with E-state index < -0.39 is 0 Å². The quantitative estimate of drug-likeness (QED) is 0.787. The minimum atomic E-state index is -0.328. The number of hydrogen-bond acceptors (Lipinski definition) is 4. The van der Waals surface area contributed by atoms with Crippen molar-refractivity contribution in [3.05, 3.63) is 18.3 Å². The van der Waals surface area contributed by atoms with Crippen LogP contribution >= 0.6 is 0 Å². The fraction of sp³-hybridized carbons (Fsp3) is 0.706. The maximum Gasteiger partial charge on any atom is 0.496 e. The van der Waals surface area contributed by atoms with Crippen LogP contribution in [-0.4, -0.2) is 35.9 Å². The van der Waals surface area contributed by atoms with Gasteiger partial charge < -0.3 is 14.2 Å². The molecule has 1 atom stereocenters. The van der Waals surface area contributed by atoms with Crippen molar-refractivity contribution in [1.29, 1.82) is 0 Å². The standard InChI is InChI=1S/C17H27BN2O2/c1-13-8-6-7-11-20(13)15-10-9-14(12-19-15)18-21-16(2,3)17(4,5)22-18/h9-10,12-13H,6-8,11H2,1-5H3. The minimum Gasteiger partial charge on any atom is -0.399 e. The molecule has 2 saturated heterocycles. The predicted molar refractivity (Wildman–Crippen MR) is 90.6 cm³/mol. The topological polar surface area (TPSA) is 34.6 Å². The van der Waals surface area contributed by atoms with Crippen LogP contribution in [0.1, 0.15) is 53.9 Å². The van der Waals surface area contributed by atoms with Gasteiger partial charge in [-0.25, -0.2) is 4.98 Å². The number of anilines is 1. The molecule has 1 aromatic rings. The van der Waals surface area contributed by atoms with Crippen LogP contribution in [0.25, 0.3) is 0 Å². The third-order valence-electron chi connectivity index (χ3n) is 5.39. The Balaban J connectivity index is 1.75. The van der Waals surface area contributed by atoms with Crippen LogP contribution in [-0.2, 0) is 9.31 Å². The Hall–Kier alpha value is -1.07. The number of rotatable bonds is 2. The van der Waals surface area contributed by atoms with E-state index in [0.29, 0.717) is 6.04 Å².